The number of hydrogen-bond donors (Lipinski definition) is 3. The summed E-state index contributed by atoms with van der Waals surface area (Å²) in [6.45, 7) is 0. The van der Waals surface area contributed by atoms with E-state index in [1.54, 1.807) is 0 Å². The number of rotatable bonds is 2. The SMILES string of the molecule is NC(N)=NC(=[NH2+])SCc1ccccc1.[Cl-]. The van der Waals surface area contributed by atoms with Crippen LogP contribution in [0.3, 0.4) is 0 Å². The third kappa shape index (κ3) is 5.98. The predicted octanol–water partition coefficient (Wildman–Crippen LogP) is -3.69. The molecule has 0 fully saturated rings. The number of aliphatic imine (C=N–C) groups is 1. The smallest absolute Gasteiger partial charge is 0.354 e. The van der Waals surface area contributed by atoms with E-state index in [1.807, 2.05) is 30.3 Å². The molecular formula is C9H13ClN4S. The number of benzene rings is 1. The van der Waals surface area contributed by atoms with Crippen molar-refractivity contribution in [3.63, 3.8) is 0 Å². The molecule has 82 valence electrons. The Morgan fingerprint density at radius 3 is 2.40 bits per heavy atom. The van der Waals surface area contributed by atoms with Gasteiger partial charge in [0.1, 0.15) is 0 Å². The zero-order chi connectivity index (χ0) is 10.4. The van der Waals surface area contributed by atoms with Gasteiger partial charge in [0, 0.05) is 10.7 Å². The van der Waals surface area contributed by atoms with Crippen LogP contribution in [-0.2, 0) is 5.75 Å². The lowest BCUT2D eigenvalue weighted by Crippen LogP contribution is -3.00. The van der Waals surface area contributed by atoms with Gasteiger partial charge in [0.05, 0.1) is 0 Å². The summed E-state index contributed by atoms with van der Waals surface area (Å²) in [6, 6.07) is 9.97. The molecule has 0 aliphatic rings. The Morgan fingerprint density at radius 2 is 1.87 bits per heavy atom. The van der Waals surface area contributed by atoms with Crippen molar-refractivity contribution < 1.29 is 17.8 Å². The number of guanidine groups is 1. The lowest BCUT2D eigenvalue weighted by molar-refractivity contribution is -0.109. The summed E-state index contributed by atoms with van der Waals surface area (Å²) in [6.07, 6.45) is 0. The summed E-state index contributed by atoms with van der Waals surface area (Å²) in [4.78, 5) is 3.72. The van der Waals surface area contributed by atoms with Gasteiger partial charge in [0.15, 0.2) is 0 Å². The molecule has 0 unspecified atom stereocenters. The first kappa shape index (κ1) is 13.8. The highest BCUT2D eigenvalue weighted by Gasteiger charge is 2.05. The molecule has 4 nitrogen and oxygen atoms in total. The van der Waals surface area contributed by atoms with E-state index in [4.69, 9.17) is 16.9 Å². The fourth-order valence-electron chi connectivity index (χ4n) is 0.891. The van der Waals surface area contributed by atoms with Crippen LogP contribution >= 0.6 is 11.8 Å². The second kappa shape index (κ2) is 7.14. The van der Waals surface area contributed by atoms with Gasteiger partial charge in [0.25, 0.3) is 0 Å². The highest BCUT2D eigenvalue weighted by Crippen LogP contribution is 2.11. The number of nitrogens with zero attached hydrogens (tertiary/aromatic N) is 1. The predicted molar refractivity (Wildman–Crippen MR) is 60.5 cm³/mol. The van der Waals surface area contributed by atoms with Crippen molar-refractivity contribution in [2.24, 2.45) is 16.5 Å². The van der Waals surface area contributed by atoms with Crippen LogP contribution in [-0.4, -0.2) is 11.1 Å². The van der Waals surface area contributed by atoms with Crippen molar-refractivity contribution in [1.82, 2.24) is 0 Å². The van der Waals surface area contributed by atoms with Gasteiger partial charge in [0.2, 0.25) is 0 Å². The van der Waals surface area contributed by atoms with E-state index in [1.165, 1.54) is 17.3 Å². The summed E-state index contributed by atoms with van der Waals surface area (Å²) in [5, 5.41) is 5.94. The fourth-order valence-corrected chi connectivity index (χ4v) is 1.57. The topological polar surface area (TPSA) is 90.0 Å². The molecule has 0 aliphatic heterocycles. The molecule has 0 radical (unpaired) electrons. The molecule has 0 saturated heterocycles. The zero-order valence-corrected chi connectivity index (χ0v) is 9.63. The van der Waals surface area contributed by atoms with Gasteiger partial charge in [-0.3, -0.25) is 5.41 Å². The first-order valence-electron chi connectivity index (χ1n) is 4.07. The van der Waals surface area contributed by atoms with Crippen LogP contribution in [0.2, 0.25) is 0 Å². The molecule has 1 rings (SSSR count). The van der Waals surface area contributed by atoms with Crippen molar-refractivity contribution in [3.8, 4) is 0 Å². The molecule has 6 N–H and O–H groups in total. The largest absolute Gasteiger partial charge is 1.00 e. The van der Waals surface area contributed by atoms with Crippen molar-refractivity contribution in [3.05, 3.63) is 35.9 Å². The minimum atomic E-state index is -0.0111. The van der Waals surface area contributed by atoms with Crippen LogP contribution < -0.4 is 29.3 Å². The molecule has 0 aromatic heterocycles. The first-order valence-corrected chi connectivity index (χ1v) is 5.06. The summed E-state index contributed by atoms with van der Waals surface area (Å²) in [7, 11) is 0. The van der Waals surface area contributed by atoms with Gasteiger partial charge in [-0.25, -0.2) is 0 Å². The molecule has 0 amide bonds. The average molecular weight is 245 g/mol. The van der Waals surface area contributed by atoms with Crippen molar-refractivity contribution in [2.45, 2.75) is 5.75 Å². The summed E-state index contributed by atoms with van der Waals surface area (Å²) >= 11 is 1.40. The van der Waals surface area contributed by atoms with Crippen LogP contribution in [0.4, 0.5) is 0 Å². The first-order chi connectivity index (χ1) is 6.68. The van der Waals surface area contributed by atoms with E-state index in [2.05, 4.69) is 4.99 Å². The third-order valence-corrected chi connectivity index (χ3v) is 2.33. The summed E-state index contributed by atoms with van der Waals surface area (Å²) in [5.74, 6) is 0.756. The molecule has 0 aliphatic carbocycles. The van der Waals surface area contributed by atoms with Gasteiger partial charge in [-0.05, 0) is 17.3 Å². The van der Waals surface area contributed by atoms with E-state index < -0.39 is 0 Å². The van der Waals surface area contributed by atoms with Gasteiger partial charge in [-0.2, -0.15) is 0 Å². The number of halogens is 1. The number of thioether (sulfide) groups is 1. The van der Waals surface area contributed by atoms with Crippen LogP contribution in [0, 0.1) is 0 Å². The molecule has 6 heteroatoms. The standard InChI is InChI=1S/C9H12N4S.ClH/c10-8(11)13-9(12)14-6-7-4-2-1-3-5-7;/h1-5H,6H2,(H5,10,11,12,13);1H. The Hall–Kier alpha value is -1.20. The Balaban J connectivity index is 0.00000196. The average Bonchev–Trinajstić information content (AvgIpc) is 2.15. The quantitative estimate of drug-likeness (QED) is 0.370. The lowest BCUT2D eigenvalue weighted by Gasteiger charge is -1.95. The van der Waals surface area contributed by atoms with E-state index in [-0.39, 0.29) is 18.4 Å². The lowest BCUT2D eigenvalue weighted by atomic mass is 10.2. The normalized spacial score (nSPS) is 8.80. The Bertz CT molecular complexity index is 335. The summed E-state index contributed by atoms with van der Waals surface area (Å²) < 4.78 is 0. The number of amidine groups is 1. The Labute approximate surface area is 99.1 Å². The minimum absolute atomic E-state index is 0. The second-order valence-electron chi connectivity index (χ2n) is 2.65. The molecule has 0 atom stereocenters. The van der Waals surface area contributed by atoms with E-state index >= 15 is 0 Å². The number of nitrogens with two attached hydrogens (primary N) is 3. The molecule has 0 heterocycles. The maximum absolute atomic E-state index is 5.55. The van der Waals surface area contributed by atoms with Crippen molar-refractivity contribution in [1.29, 1.82) is 0 Å². The van der Waals surface area contributed by atoms with Gasteiger partial charge in [-0.15, -0.1) is 0 Å². The van der Waals surface area contributed by atoms with E-state index in [0.717, 1.165) is 5.75 Å². The molecule has 15 heavy (non-hydrogen) atoms. The van der Waals surface area contributed by atoms with Gasteiger partial charge in [-0.1, -0.05) is 30.3 Å². The minimum Gasteiger partial charge on any atom is -1.00 e. The monoisotopic (exact) mass is 244 g/mol. The molecular weight excluding hydrogens is 232 g/mol. The van der Waals surface area contributed by atoms with Gasteiger partial charge < -0.3 is 23.9 Å². The van der Waals surface area contributed by atoms with Crippen molar-refractivity contribution >= 4 is 22.9 Å². The maximum Gasteiger partial charge on any atom is 0.354 e. The fraction of sp³-hybridized carbons (Fsp3) is 0.111. The Kier molecular flexibility index (Phi) is 6.57. The third-order valence-electron chi connectivity index (χ3n) is 1.47. The Morgan fingerprint density at radius 1 is 1.27 bits per heavy atom. The van der Waals surface area contributed by atoms with E-state index in [9.17, 15) is 0 Å². The zero-order valence-electron chi connectivity index (χ0n) is 8.06. The van der Waals surface area contributed by atoms with Crippen LogP contribution in [0.25, 0.3) is 0 Å². The molecule has 1 aromatic rings. The molecule has 0 saturated carbocycles. The second-order valence-corrected chi connectivity index (χ2v) is 3.64. The van der Waals surface area contributed by atoms with Crippen molar-refractivity contribution in [2.75, 3.05) is 0 Å². The maximum atomic E-state index is 5.55. The number of hydrogen-bond acceptors (Lipinski definition) is 1. The van der Waals surface area contributed by atoms with Crippen LogP contribution in [0.5, 0.6) is 0 Å². The molecule has 0 bridgehead atoms. The van der Waals surface area contributed by atoms with Crippen LogP contribution in [0.1, 0.15) is 5.56 Å². The highest BCUT2D eigenvalue weighted by molar-refractivity contribution is 8.12. The van der Waals surface area contributed by atoms with Gasteiger partial charge >= 0.3 is 11.1 Å². The van der Waals surface area contributed by atoms with E-state index in [0.29, 0.717) is 5.17 Å². The van der Waals surface area contributed by atoms with Crippen LogP contribution in [0.15, 0.2) is 35.3 Å². The highest BCUT2D eigenvalue weighted by atomic mass is 35.5. The summed E-state index contributed by atoms with van der Waals surface area (Å²) in [5.41, 5.74) is 11.5. The molecule has 0 spiro atoms. The molecule has 1 aromatic carbocycles.